The van der Waals surface area contributed by atoms with Gasteiger partial charge in [-0.15, -0.1) is 11.6 Å². The summed E-state index contributed by atoms with van der Waals surface area (Å²) in [5.41, 5.74) is 4.02. The summed E-state index contributed by atoms with van der Waals surface area (Å²) in [5, 5.41) is -0.653. The molecule has 1 amide bonds. The normalized spacial score (nSPS) is 15.2. The van der Waals surface area contributed by atoms with E-state index in [0.29, 0.717) is 32.1 Å². The van der Waals surface area contributed by atoms with Crippen LogP contribution in [0.4, 0.5) is 5.82 Å². The lowest BCUT2D eigenvalue weighted by molar-refractivity contribution is -0.131. The van der Waals surface area contributed by atoms with Crippen LogP contribution in [-0.2, 0) is 4.79 Å². The molecular weight excluding hydrogens is 420 g/mol. The van der Waals surface area contributed by atoms with Gasteiger partial charge in [0.2, 0.25) is 5.91 Å². The predicted molar refractivity (Wildman–Crippen MR) is 130 cm³/mol. The number of rotatable bonds is 5. The molecule has 1 aliphatic rings. The quantitative estimate of drug-likeness (QED) is 0.503. The maximum atomic E-state index is 13.0. The Hall–Kier alpha value is -2.92. The van der Waals surface area contributed by atoms with Crippen LogP contribution in [0.5, 0.6) is 0 Å². The standard InChI is InChI=1S/C26H29ClN4O/c1-18(2)22-19(3)28-24(21-12-8-5-9-13-21)29-25(22)30-14-16-31(17-15-30)26(32)23(27)20-10-6-4-7-11-20/h4-13,18,23H,14-17H2,1-3H3. The highest BCUT2D eigenvalue weighted by molar-refractivity contribution is 6.30. The van der Waals surface area contributed by atoms with Gasteiger partial charge in [-0.3, -0.25) is 4.79 Å². The van der Waals surface area contributed by atoms with Crippen molar-refractivity contribution in [1.82, 2.24) is 14.9 Å². The van der Waals surface area contributed by atoms with Gasteiger partial charge in [-0.05, 0) is 18.4 Å². The molecule has 1 aromatic heterocycles. The average Bonchev–Trinajstić information content (AvgIpc) is 2.83. The molecule has 2 heterocycles. The van der Waals surface area contributed by atoms with Gasteiger partial charge in [-0.2, -0.15) is 0 Å². The number of hydrogen-bond acceptors (Lipinski definition) is 4. The fraction of sp³-hybridized carbons (Fsp3) is 0.346. The van der Waals surface area contributed by atoms with E-state index in [0.717, 1.165) is 28.5 Å². The van der Waals surface area contributed by atoms with Crippen LogP contribution in [0.25, 0.3) is 11.4 Å². The number of amides is 1. The van der Waals surface area contributed by atoms with Crippen LogP contribution in [0.2, 0.25) is 0 Å². The Morgan fingerprint density at radius 2 is 1.50 bits per heavy atom. The SMILES string of the molecule is Cc1nc(-c2ccccc2)nc(N2CCN(C(=O)C(Cl)c3ccccc3)CC2)c1C(C)C. The summed E-state index contributed by atoms with van der Waals surface area (Å²) < 4.78 is 0. The van der Waals surface area contributed by atoms with Crippen molar-refractivity contribution in [3.63, 3.8) is 0 Å². The Morgan fingerprint density at radius 3 is 2.09 bits per heavy atom. The molecule has 3 aromatic rings. The summed E-state index contributed by atoms with van der Waals surface area (Å²) >= 11 is 6.49. The van der Waals surface area contributed by atoms with E-state index in [1.165, 1.54) is 5.56 Å². The van der Waals surface area contributed by atoms with Crippen molar-refractivity contribution >= 4 is 23.3 Å². The van der Waals surface area contributed by atoms with Gasteiger partial charge in [0, 0.05) is 43.0 Å². The van der Waals surface area contributed by atoms with Gasteiger partial charge in [0.15, 0.2) is 5.82 Å². The zero-order valence-electron chi connectivity index (χ0n) is 18.8. The molecule has 166 valence electrons. The molecule has 6 heteroatoms. The number of carbonyl (C=O) groups excluding carboxylic acids is 1. The van der Waals surface area contributed by atoms with E-state index in [9.17, 15) is 4.79 Å². The number of hydrogen-bond donors (Lipinski definition) is 0. The van der Waals surface area contributed by atoms with Gasteiger partial charge in [-0.25, -0.2) is 9.97 Å². The van der Waals surface area contributed by atoms with Gasteiger partial charge in [-0.1, -0.05) is 74.5 Å². The van der Waals surface area contributed by atoms with Gasteiger partial charge in [0.05, 0.1) is 0 Å². The Bertz CT molecular complexity index is 1060. The minimum Gasteiger partial charge on any atom is -0.353 e. The second kappa shape index (κ2) is 9.70. The van der Waals surface area contributed by atoms with Crippen molar-refractivity contribution in [3.05, 3.63) is 77.5 Å². The first-order valence-corrected chi connectivity index (χ1v) is 11.6. The van der Waals surface area contributed by atoms with Gasteiger partial charge in [0.1, 0.15) is 11.2 Å². The third-order valence-corrected chi connectivity index (χ3v) is 6.36. The molecule has 0 bridgehead atoms. The van der Waals surface area contributed by atoms with Crippen molar-refractivity contribution < 1.29 is 4.79 Å². The minimum absolute atomic E-state index is 0.0366. The Balaban J connectivity index is 1.55. The molecule has 5 nitrogen and oxygen atoms in total. The van der Waals surface area contributed by atoms with Gasteiger partial charge >= 0.3 is 0 Å². The van der Waals surface area contributed by atoms with Crippen LogP contribution >= 0.6 is 11.6 Å². The molecular formula is C26H29ClN4O. The molecule has 1 fully saturated rings. The molecule has 32 heavy (non-hydrogen) atoms. The van der Waals surface area contributed by atoms with Crippen molar-refractivity contribution in [2.24, 2.45) is 0 Å². The first-order valence-electron chi connectivity index (χ1n) is 11.1. The first-order chi connectivity index (χ1) is 15.5. The highest BCUT2D eigenvalue weighted by Crippen LogP contribution is 2.32. The molecule has 4 rings (SSSR count). The molecule has 0 N–H and O–H groups in total. The zero-order valence-corrected chi connectivity index (χ0v) is 19.6. The summed E-state index contributed by atoms with van der Waals surface area (Å²) in [5.74, 6) is 1.99. The number of carbonyl (C=O) groups is 1. The first kappa shape index (κ1) is 22.3. The second-order valence-electron chi connectivity index (χ2n) is 8.48. The van der Waals surface area contributed by atoms with Crippen molar-refractivity contribution in [3.8, 4) is 11.4 Å². The highest BCUT2D eigenvalue weighted by Gasteiger charge is 2.29. The van der Waals surface area contributed by atoms with E-state index < -0.39 is 5.38 Å². The molecule has 1 saturated heterocycles. The minimum atomic E-state index is -0.653. The number of aromatic nitrogens is 2. The third kappa shape index (κ3) is 4.63. The zero-order chi connectivity index (χ0) is 22.7. The Kier molecular flexibility index (Phi) is 6.75. The Morgan fingerprint density at radius 1 is 0.906 bits per heavy atom. The van der Waals surface area contributed by atoms with E-state index in [1.807, 2.05) is 65.6 Å². The van der Waals surface area contributed by atoms with E-state index in [1.54, 1.807) is 0 Å². The van der Waals surface area contributed by atoms with E-state index >= 15 is 0 Å². The molecule has 0 radical (unpaired) electrons. The fourth-order valence-electron chi connectivity index (χ4n) is 4.26. The molecule has 1 unspecified atom stereocenters. The topological polar surface area (TPSA) is 49.3 Å². The van der Waals surface area contributed by atoms with Crippen LogP contribution in [-0.4, -0.2) is 47.0 Å². The van der Waals surface area contributed by atoms with E-state index in [4.69, 9.17) is 21.6 Å². The summed E-state index contributed by atoms with van der Waals surface area (Å²) in [6, 6.07) is 19.6. The molecule has 0 saturated carbocycles. The molecule has 0 spiro atoms. The van der Waals surface area contributed by atoms with Crippen LogP contribution in [0.1, 0.15) is 42.0 Å². The number of anilines is 1. The number of aryl methyl sites for hydroxylation is 1. The fourth-order valence-corrected chi connectivity index (χ4v) is 4.55. The number of benzene rings is 2. The van der Waals surface area contributed by atoms with E-state index in [2.05, 4.69) is 25.7 Å². The third-order valence-electron chi connectivity index (χ3n) is 5.93. The summed E-state index contributed by atoms with van der Waals surface area (Å²) in [4.78, 5) is 26.9. The van der Waals surface area contributed by atoms with Crippen molar-refractivity contribution in [2.75, 3.05) is 31.1 Å². The average molecular weight is 449 g/mol. The van der Waals surface area contributed by atoms with Crippen LogP contribution < -0.4 is 4.90 Å². The second-order valence-corrected chi connectivity index (χ2v) is 8.91. The summed E-state index contributed by atoms with van der Waals surface area (Å²) in [7, 11) is 0. The Labute approximate surface area is 195 Å². The summed E-state index contributed by atoms with van der Waals surface area (Å²) in [6.07, 6.45) is 0. The molecule has 0 aliphatic carbocycles. The summed E-state index contributed by atoms with van der Waals surface area (Å²) in [6.45, 7) is 9.09. The maximum absolute atomic E-state index is 13.0. The predicted octanol–water partition coefficient (Wildman–Crippen LogP) is 5.20. The largest absolute Gasteiger partial charge is 0.353 e. The lowest BCUT2D eigenvalue weighted by Gasteiger charge is -2.37. The molecule has 1 atom stereocenters. The van der Waals surface area contributed by atoms with Gasteiger partial charge < -0.3 is 9.80 Å². The van der Waals surface area contributed by atoms with Crippen LogP contribution in [0, 0.1) is 6.92 Å². The lowest BCUT2D eigenvalue weighted by Crippen LogP contribution is -2.50. The lowest BCUT2D eigenvalue weighted by atomic mass is 10.0. The highest BCUT2D eigenvalue weighted by atomic mass is 35.5. The number of nitrogens with zero attached hydrogens (tertiary/aromatic N) is 4. The van der Waals surface area contributed by atoms with Crippen molar-refractivity contribution in [2.45, 2.75) is 32.1 Å². The van der Waals surface area contributed by atoms with Crippen molar-refractivity contribution in [1.29, 1.82) is 0 Å². The number of alkyl halides is 1. The van der Waals surface area contributed by atoms with Crippen LogP contribution in [0.3, 0.4) is 0 Å². The maximum Gasteiger partial charge on any atom is 0.245 e. The van der Waals surface area contributed by atoms with E-state index in [-0.39, 0.29) is 5.91 Å². The smallest absolute Gasteiger partial charge is 0.245 e. The monoisotopic (exact) mass is 448 g/mol. The number of piperazine rings is 1. The number of halogens is 1. The molecule has 2 aromatic carbocycles. The van der Waals surface area contributed by atoms with Crippen LogP contribution in [0.15, 0.2) is 60.7 Å². The van der Waals surface area contributed by atoms with Gasteiger partial charge in [0.25, 0.3) is 0 Å². The molecule has 1 aliphatic heterocycles.